The van der Waals surface area contributed by atoms with Gasteiger partial charge in [-0.3, -0.25) is 4.90 Å². The van der Waals surface area contributed by atoms with Crippen LogP contribution in [0.25, 0.3) is 0 Å². The first-order valence-electron chi connectivity index (χ1n) is 5.95. The molecule has 1 aliphatic rings. The molecule has 0 amide bonds. The van der Waals surface area contributed by atoms with Crippen molar-refractivity contribution in [1.82, 2.24) is 4.90 Å². The highest BCUT2D eigenvalue weighted by Gasteiger charge is 2.25. The van der Waals surface area contributed by atoms with Crippen LogP contribution in [0.15, 0.2) is 22.7 Å². The molecule has 1 fully saturated rings. The van der Waals surface area contributed by atoms with Gasteiger partial charge in [0.05, 0.1) is 12.7 Å². The van der Waals surface area contributed by atoms with Crippen LogP contribution in [0.5, 0.6) is 0 Å². The third-order valence-electron chi connectivity index (χ3n) is 3.20. The molecule has 2 atom stereocenters. The van der Waals surface area contributed by atoms with Crippen molar-refractivity contribution in [2.75, 3.05) is 19.0 Å². The second-order valence-electron chi connectivity index (χ2n) is 4.62. The quantitative estimate of drug-likeness (QED) is 0.784. The van der Waals surface area contributed by atoms with Crippen LogP contribution >= 0.6 is 27.5 Å². The van der Waals surface area contributed by atoms with Crippen LogP contribution in [0.4, 0.5) is 4.39 Å². The summed E-state index contributed by atoms with van der Waals surface area (Å²) in [4.78, 5) is 2.31. The summed E-state index contributed by atoms with van der Waals surface area (Å²) in [6.07, 6.45) is 0.0853. The molecule has 2 unspecified atom stereocenters. The molecule has 1 aromatic carbocycles. The van der Waals surface area contributed by atoms with E-state index in [4.69, 9.17) is 16.3 Å². The summed E-state index contributed by atoms with van der Waals surface area (Å²) in [6, 6.07) is 5.16. The fourth-order valence-electron chi connectivity index (χ4n) is 2.06. The molecule has 2 rings (SSSR count). The molecule has 2 nitrogen and oxygen atoms in total. The van der Waals surface area contributed by atoms with E-state index in [0.717, 1.165) is 23.1 Å². The average Bonchev–Trinajstić information content (AvgIpc) is 2.35. The number of benzene rings is 1. The zero-order valence-corrected chi connectivity index (χ0v) is 12.5. The smallest absolute Gasteiger partial charge is 0.124 e. The number of hydrogen-bond donors (Lipinski definition) is 0. The molecule has 100 valence electrons. The van der Waals surface area contributed by atoms with Crippen LogP contribution in [-0.4, -0.2) is 36.1 Å². The standard InChI is InChI=1S/C13H16BrClFNO/c1-9-8-18-12(5-15)7-17(9)6-10-2-3-11(16)4-13(10)14/h2-4,9,12H,5-8H2,1H3. The zero-order valence-electron chi connectivity index (χ0n) is 10.2. The molecule has 0 spiro atoms. The number of rotatable bonds is 3. The van der Waals surface area contributed by atoms with E-state index < -0.39 is 0 Å². The van der Waals surface area contributed by atoms with Crippen LogP contribution < -0.4 is 0 Å². The fourth-order valence-corrected chi connectivity index (χ4v) is 2.72. The van der Waals surface area contributed by atoms with Crippen molar-refractivity contribution >= 4 is 27.5 Å². The summed E-state index contributed by atoms with van der Waals surface area (Å²) in [6.45, 7) is 4.41. The normalized spacial score (nSPS) is 25.3. The first kappa shape index (κ1) is 14.3. The van der Waals surface area contributed by atoms with Gasteiger partial charge in [0.2, 0.25) is 0 Å². The molecule has 0 N–H and O–H groups in total. The van der Waals surface area contributed by atoms with Crippen molar-refractivity contribution in [3.05, 3.63) is 34.1 Å². The van der Waals surface area contributed by atoms with Gasteiger partial charge in [0.25, 0.3) is 0 Å². The summed E-state index contributed by atoms with van der Waals surface area (Å²) in [5.74, 6) is 0.285. The molecule has 1 saturated heterocycles. The van der Waals surface area contributed by atoms with Crippen LogP contribution in [0.3, 0.4) is 0 Å². The lowest BCUT2D eigenvalue weighted by Gasteiger charge is -2.37. The maximum absolute atomic E-state index is 13.0. The molecule has 1 heterocycles. The molecular formula is C13H16BrClFNO. The topological polar surface area (TPSA) is 12.5 Å². The molecule has 0 bridgehead atoms. The number of morpholine rings is 1. The van der Waals surface area contributed by atoms with Crippen molar-refractivity contribution in [2.24, 2.45) is 0 Å². The first-order valence-corrected chi connectivity index (χ1v) is 7.28. The van der Waals surface area contributed by atoms with Crippen LogP contribution in [-0.2, 0) is 11.3 Å². The summed E-state index contributed by atoms with van der Waals surface area (Å²) in [5.41, 5.74) is 1.08. The number of hydrogen-bond acceptors (Lipinski definition) is 2. The minimum Gasteiger partial charge on any atom is -0.374 e. The van der Waals surface area contributed by atoms with Gasteiger partial charge in [0.1, 0.15) is 5.82 Å². The second kappa shape index (κ2) is 6.33. The lowest BCUT2D eigenvalue weighted by atomic mass is 10.1. The van der Waals surface area contributed by atoms with E-state index in [0.29, 0.717) is 18.5 Å². The van der Waals surface area contributed by atoms with Crippen LogP contribution in [0.2, 0.25) is 0 Å². The molecule has 1 aliphatic heterocycles. The number of halogens is 3. The second-order valence-corrected chi connectivity index (χ2v) is 5.79. The summed E-state index contributed by atoms with van der Waals surface area (Å²) in [7, 11) is 0. The third-order valence-corrected chi connectivity index (χ3v) is 4.28. The van der Waals surface area contributed by atoms with Crippen molar-refractivity contribution in [3.8, 4) is 0 Å². The van der Waals surface area contributed by atoms with Crippen molar-refractivity contribution in [1.29, 1.82) is 0 Å². The lowest BCUT2D eigenvalue weighted by Crippen LogP contribution is -2.48. The van der Waals surface area contributed by atoms with E-state index in [1.165, 1.54) is 12.1 Å². The van der Waals surface area contributed by atoms with E-state index in [1.807, 2.05) is 6.07 Å². The van der Waals surface area contributed by atoms with Crippen LogP contribution in [0, 0.1) is 5.82 Å². The largest absolute Gasteiger partial charge is 0.374 e. The van der Waals surface area contributed by atoms with E-state index in [9.17, 15) is 4.39 Å². The molecule has 0 aliphatic carbocycles. The van der Waals surface area contributed by atoms with Gasteiger partial charge >= 0.3 is 0 Å². The lowest BCUT2D eigenvalue weighted by molar-refractivity contribution is -0.0511. The molecule has 18 heavy (non-hydrogen) atoms. The van der Waals surface area contributed by atoms with E-state index in [2.05, 4.69) is 27.8 Å². The van der Waals surface area contributed by atoms with E-state index in [-0.39, 0.29) is 11.9 Å². The average molecular weight is 337 g/mol. The molecule has 0 saturated carbocycles. The number of ether oxygens (including phenoxy) is 1. The Morgan fingerprint density at radius 3 is 3.00 bits per heavy atom. The maximum Gasteiger partial charge on any atom is 0.124 e. The van der Waals surface area contributed by atoms with Crippen molar-refractivity contribution in [2.45, 2.75) is 25.6 Å². The first-order chi connectivity index (χ1) is 8.60. The Morgan fingerprint density at radius 2 is 2.33 bits per heavy atom. The Labute approximate surface area is 120 Å². The van der Waals surface area contributed by atoms with Gasteiger partial charge in [-0.1, -0.05) is 22.0 Å². The Bertz CT molecular complexity index is 418. The Hall–Kier alpha value is -0.160. The van der Waals surface area contributed by atoms with Crippen molar-refractivity contribution < 1.29 is 9.13 Å². The Balaban J connectivity index is 2.07. The SMILES string of the molecule is CC1COC(CCl)CN1Cc1ccc(F)cc1Br. The van der Waals surface area contributed by atoms with E-state index >= 15 is 0 Å². The van der Waals surface area contributed by atoms with E-state index in [1.54, 1.807) is 0 Å². The Kier molecular flexibility index (Phi) is 5.01. The van der Waals surface area contributed by atoms with Crippen LogP contribution in [0.1, 0.15) is 12.5 Å². The van der Waals surface area contributed by atoms with Gasteiger partial charge in [-0.05, 0) is 24.6 Å². The monoisotopic (exact) mass is 335 g/mol. The predicted octanol–water partition coefficient (Wildman–Crippen LogP) is 3.42. The molecule has 0 radical (unpaired) electrons. The van der Waals surface area contributed by atoms with Gasteiger partial charge in [-0.15, -0.1) is 11.6 Å². The van der Waals surface area contributed by atoms with Gasteiger partial charge in [-0.2, -0.15) is 0 Å². The van der Waals surface area contributed by atoms with Gasteiger partial charge < -0.3 is 4.74 Å². The van der Waals surface area contributed by atoms with Gasteiger partial charge in [0, 0.05) is 29.5 Å². The molecule has 1 aromatic rings. The highest BCUT2D eigenvalue weighted by atomic mass is 79.9. The fraction of sp³-hybridized carbons (Fsp3) is 0.538. The van der Waals surface area contributed by atoms with Gasteiger partial charge in [0.15, 0.2) is 0 Å². The minimum atomic E-state index is -0.223. The number of nitrogens with zero attached hydrogens (tertiary/aromatic N) is 1. The zero-order chi connectivity index (χ0) is 13.1. The minimum absolute atomic E-state index is 0.0853. The maximum atomic E-state index is 13.0. The van der Waals surface area contributed by atoms with Gasteiger partial charge in [-0.25, -0.2) is 4.39 Å². The Morgan fingerprint density at radius 1 is 1.56 bits per heavy atom. The highest BCUT2D eigenvalue weighted by molar-refractivity contribution is 9.10. The van der Waals surface area contributed by atoms with Crippen molar-refractivity contribution in [3.63, 3.8) is 0 Å². The predicted molar refractivity (Wildman–Crippen MR) is 74.4 cm³/mol. The summed E-state index contributed by atoms with van der Waals surface area (Å²) < 4.78 is 19.5. The highest BCUT2D eigenvalue weighted by Crippen LogP contribution is 2.22. The third kappa shape index (κ3) is 3.44. The molecular weight excluding hydrogens is 321 g/mol. The molecule has 5 heteroatoms. The summed E-state index contributed by atoms with van der Waals surface area (Å²) in [5, 5.41) is 0. The number of alkyl halides is 1. The molecule has 0 aromatic heterocycles. The summed E-state index contributed by atoms with van der Waals surface area (Å²) >= 11 is 9.24.